The van der Waals surface area contributed by atoms with Crippen LogP contribution in [0.2, 0.25) is 0 Å². The number of hydrogen-bond acceptors (Lipinski definition) is 4. The van der Waals surface area contributed by atoms with Crippen molar-refractivity contribution in [2.75, 3.05) is 0 Å². The zero-order valence-electron chi connectivity index (χ0n) is 11.9. The molecule has 0 atom stereocenters. The van der Waals surface area contributed by atoms with Crippen LogP contribution in [0.15, 0.2) is 48.5 Å². The third-order valence-electron chi connectivity index (χ3n) is 2.67. The quantitative estimate of drug-likeness (QED) is 0.798. The summed E-state index contributed by atoms with van der Waals surface area (Å²) in [6, 6.07) is 11.1. The van der Waals surface area contributed by atoms with Crippen LogP contribution >= 0.6 is 23.2 Å². The lowest BCUT2D eigenvalue weighted by molar-refractivity contribution is 0.0696. The number of rotatable bonds is 4. The third-order valence-corrected chi connectivity index (χ3v) is 3.11. The first kappa shape index (κ1) is 19.3. The second-order valence-electron chi connectivity index (χ2n) is 4.32. The van der Waals surface area contributed by atoms with Gasteiger partial charge >= 0.3 is 11.9 Å². The van der Waals surface area contributed by atoms with Gasteiger partial charge in [0, 0.05) is 11.1 Å². The van der Waals surface area contributed by atoms with Crippen molar-refractivity contribution >= 4 is 45.6 Å². The van der Waals surface area contributed by atoms with E-state index >= 15 is 0 Å². The number of carbonyl (C=O) groups excluding carboxylic acids is 2. The average molecular weight is 369 g/mol. The van der Waals surface area contributed by atoms with Crippen LogP contribution in [0.3, 0.4) is 0 Å². The molecule has 0 aliphatic heterocycles. The number of carboxylic acids is 2. The topological polar surface area (TPSA) is 109 Å². The third kappa shape index (κ3) is 5.83. The lowest BCUT2D eigenvalue weighted by atomic mass is 10.1. The predicted molar refractivity (Wildman–Crippen MR) is 87.2 cm³/mol. The maximum absolute atomic E-state index is 10.6. The molecule has 8 heteroatoms. The second kappa shape index (κ2) is 8.81. The molecular formula is C16H10Cl2O6. The normalized spacial score (nSPS) is 9.42. The van der Waals surface area contributed by atoms with E-state index in [0.717, 1.165) is 6.07 Å². The Morgan fingerprint density at radius 2 is 0.917 bits per heavy atom. The van der Waals surface area contributed by atoms with Gasteiger partial charge in [0.2, 0.25) is 0 Å². The highest BCUT2D eigenvalue weighted by atomic mass is 35.5. The highest BCUT2D eigenvalue weighted by Gasteiger charge is 2.07. The summed E-state index contributed by atoms with van der Waals surface area (Å²) in [5, 5.41) is 15.8. The molecule has 0 fully saturated rings. The molecule has 0 saturated heterocycles. The van der Waals surface area contributed by atoms with E-state index in [4.69, 9.17) is 33.4 Å². The van der Waals surface area contributed by atoms with Gasteiger partial charge < -0.3 is 10.2 Å². The minimum Gasteiger partial charge on any atom is -0.478 e. The molecule has 2 N–H and O–H groups in total. The van der Waals surface area contributed by atoms with Crippen molar-refractivity contribution in [1.29, 1.82) is 0 Å². The molecule has 0 unspecified atom stereocenters. The highest BCUT2D eigenvalue weighted by Crippen LogP contribution is 2.09. The summed E-state index contributed by atoms with van der Waals surface area (Å²) in [5.74, 6) is -2.25. The van der Waals surface area contributed by atoms with E-state index in [2.05, 4.69) is 0 Å². The first-order valence-corrected chi connectivity index (χ1v) is 7.04. The summed E-state index contributed by atoms with van der Waals surface area (Å²) < 4.78 is 0. The molecule has 0 heterocycles. The molecule has 0 aromatic heterocycles. The van der Waals surface area contributed by atoms with E-state index in [1.54, 1.807) is 6.07 Å². The first-order valence-electron chi connectivity index (χ1n) is 6.28. The molecule has 0 amide bonds. The van der Waals surface area contributed by atoms with Crippen LogP contribution in [0.4, 0.5) is 0 Å². The Morgan fingerprint density at radius 1 is 0.625 bits per heavy atom. The molecule has 0 radical (unpaired) electrons. The Hall–Kier alpha value is -2.70. The van der Waals surface area contributed by atoms with Gasteiger partial charge in [0.05, 0.1) is 11.1 Å². The van der Waals surface area contributed by atoms with Crippen molar-refractivity contribution in [2.24, 2.45) is 0 Å². The Balaban J connectivity index is 0.000000240. The van der Waals surface area contributed by atoms with Gasteiger partial charge in [-0.1, -0.05) is 24.3 Å². The van der Waals surface area contributed by atoms with Crippen molar-refractivity contribution in [3.05, 3.63) is 70.8 Å². The summed E-state index contributed by atoms with van der Waals surface area (Å²) in [6.45, 7) is 0. The average Bonchev–Trinajstić information content (AvgIpc) is 2.55. The van der Waals surface area contributed by atoms with Crippen molar-refractivity contribution in [3.63, 3.8) is 0 Å². The van der Waals surface area contributed by atoms with Crippen LogP contribution < -0.4 is 0 Å². The van der Waals surface area contributed by atoms with Crippen molar-refractivity contribution < 1.29 is 29.4 Å². The lowest BCUT2D eigenvalue weighted by Crippen LogP contribution is -2.01. The number of carbonyl (C=O) groups is 4. The molecule has 2 aromatic rings. The van der Waals surface area contributed by atoms with Crippen molar-refractivity contribution in [1.82, 2.24) is 0 Å². The van der Waals surface area contributed by atoms with E-state index in [1.165, 1.54) is 36.4 Å². The number of hydrogen-bond donors (Lipinski definition) is 2. The van der Waals surface area contributed by atoms with Crippen LogP contribution in [0.1, 0.15) is 41.4 Å². The molecular weight excluding hydrogens is 359 g/mol. The minimum absolute atomic E-state index is 0.0186. The minimum atomic E-state index is -1.13. The summed E-state index contributed by atoms with van der Waals surface area (Å²) in [7, 11) is 0. The van der Waals surface area contributed by atoms with E-state index < -0.39 is 22.4 Å². The molecule has 0 aliphatic carbocycles. The van der Waals surface area contributed by atoms with Gasteiger partial charge in [-0.3, -0.25) is 9.59 Å². The fraction of sp³-hybridized carbons (Fsp3) is 0. The Morgan fingerprint density at radius 3 is 1.21 bits per heavy atom. The van der Waals surface area contributed by atoms with Gasteiger partial charge in [-0.15, -0.1) is 0 Å². The van der Waals surface area contributed by atoms with Crippen LogP contribution in [0.5, 0.6) is 0 Å². The van der Waals surface area contributed by atoms with Crippen LogP contribution in [-0.2, 0) is 0 Å². The van der Waals surface area contributed by atoms with Gasteiger partial charge in [0.25, 0.3) is 10.5 Å². The van der Waals surface area contributed by atoms with Gasteiger partial charge in [0.15, 0.2) is 0 Å². The van der Waals surface area contributed by atoms with E-state index in [1.807, 2.05) is 0 Å². The standard InChI is InChI=1S/C8H4Cl2O2.C8H6O4/c9-7(11)5-2-1-3-6(4-5)8(10)12;9-7(10)5-2-1-3-6(4-5)8(11)12/h1-4H;1-4H,(H,9,10)(H,11,12). The van der Waals surface area contributed by atoms with Gasteiger partial charge in [-0.2, -0.15) is 0 Å². The molecule has 0 aliphatic rings. The fourth-order valence-corrected chi connectivity index (χ4v) is 1.78. The van der Waals surface area contributed by atoms with Crippen molar-refractivity contribution in [3.8, 4) is 0 Å². The summed E-state index contributed by atoms with van der Waals surface area (Å²) in [5.41, 5.74) is 0.496. The maximum atomic E-state index is 10.6. The maximum Gasteiger partial charge on any atom is 0.335 e. The molecule has 0 saturated carbocycles. The Bertz CT molecular complexity index is 675. The molecule has 2 aromatic carbocycles. The van der Waals surface area contributed by atoms with Crippen LogP contribution in [-0.4, -0.2) is 32.6 Å². The predicted octanol–water partition coefficient (Wildman–Crippen LogP) is 3.53. The van der Waals surface area contributed by atoms with Crippen LogP contribution in [0, 0.1) is 0 Å². The number of carboxylic acid groups (broad SMARTS) is 2. The molecule has 2 rings (SSSR count). The molecule has 6 nitrogen and oxygen atoms in total. The Labute approximate surface area is 146 Å². The van der Waals surface area contributed by atoms with Gasteiger partial charge in [0.1, 0.15) is 0 Å². The number of aromatic carboxylic acids is 2. The molecule has 0 bridgehead atoms. The Kier molecular flexibility index (Phi) is 7.10. The monoisotopic (exact) mass is 368 g/mol. The van der Waals surface area contributed by atoms with Gasteiger partial charge in [-0.05, 0) is 47.5 Å². The highest BCUT2D eigenvalue weighted by molar-refractivity contribution is 6.69. The molecule has 0 spiro atoms. The number of benzene rings is 2. The summed E-state index contributed by atoms with van der Waals surface area (Å²) in [6.07, 6.45) is 0. The van der Waals surface area contributed by atoms with E-state index in [9.17, 15) is 19.2 Å². The zero-order valence-corrected chi connectivity index (χ0v) is 13.4. The fourth-order valence-electron chi connectivity index (χ4n) is 1.55. The van der Waals surface area contributed by atoms with E-state index in [0.29, 0.717) is 0 Å². The summed E-state index contributed by atoms with van der Waals surface area (Å²) >= 11 is 10.4. The SMILES string of the molecule is O=C(Cl)c1cccc(C(=O)Cl)c1.O=C(O)c1cccc(C(=O)O)c1. The van der Waals surface area contributed by atoms with Gasteiger partial charge in [-0.25, -0.2) is 9.59 Å². The van der Waals surface area contributed by atoms with Crippen LogP contribution in [0.25, 0.3) is 0 Å². The largest absolute Gasteiger partial charge is 0.478 e. The molecule has 24 heavy (non-hydrogen) atoms. The second-order valence-corrected chi connectivity index (χ2v) is 5.01. The molecule has 124 valence electrons. The zero-order chi connectivity index (χ0) is 18.3. The van der Waals surface area contributed by atoms with Crippen molar-refractivity contribution in [2.45, 2.75) is 0 Å². The number of halogens is 2. The van der Waals surface area contributed by atoms with E-state index in [-0.39, 0.29) is 22.3 Å². The lowest BCUT2D eigenvalue weighted by Gasteiger charge is -1.95. The summed E-state index contributed by atoms with van der Waals surface area (Å²) in [4.78, 5) is 42.0. The first-order chi connectivity index (χ1) is 11.2. The smallest absolute Gasteiger partial charge is 0.335 e.